The highest BCUT2D eigenvalue weighted by Crippen LogP contribution is 2.26. The van der Waals surface area contributed by atoms with Crippen LogP contribution in [0.4, 0.5) is 0 Å². The third-order valence-electron chi connectivity index (χ3n) is 3.69. The van der Waals surface area contributed by atoms with E-state index >= 15 is 0 Å². The van der Waals surface area contributed by atoms with Gasteiger partial charge in [0.05, 0.1) is 6.54 Å². The zero-order valence-corrected chi connectivity index (χ0v) is 11.8. The Bertz CT molecular complexity index is 402. The van der Waals surface area contributed by atoms with Crippen LogP contribution in [-0.4, -0.2) is 11.9 Å². The Morgan fingerprint density at radius 1 is 1.44 bits per heavy atom. The maximum Gasteiger partial charge on any atom is 0.220 e. The standard InChI is InChI=1S/C14H22N2OS/c1-2-11-6-7-12(18-11)9-16-14(17)8-10-4-3-5-13(10)15/h6-7,10,13H,2-5,8-9,15H2,1H3,(H,16,17)/t10-,13+/m0/s1. The predicted molar refractivity (Wildman–Crippen MR) is 75.5 cm³/mol. The first-order chi connectivity index (χ1) is 8.69. The average Bonchev–Trinajstić information content (AvgIpc) is 2.97. The Hall–Kier alpha value is -0.870. The molecule has 2 atom stereocenters. The van der Waals surface area contributed by atoms with Gasteiger partial charge in [-0.25, -0.2) is 0 Å². The second kappa shape index (κ2) is 6.34. The molecule has 1 saturated carbocycles. The second-order valence-electron chi connectivity index (χ2n) is 5.06. The van der Waals surface area contributed by atoms with Crippen LogP contribution in [0.3, 0.4) is 0 Å². The van der Waals surface area contributed by atoms with E-state index in [0.717, 1.165) is 19.3 Å². The monoisotopic (exact) mass is 266 g/mol. The van der Waals surface area contributed by atoms with Crippen LogP contribution in [0, 0.1) is 5.92 Å². The van der Waals surface area contributed by atoms with Crippen molar-refractivity contribution in [3.05, 3.63) is 21.9 Å². The van der Waals surface area contributed by atoms with Crippen LogP contribution in [0.25, 0.3) is 0 Å². The lowest BCUT2D eigenvalue weighted by Gasteiger charge is -2.14. The van der Waals surface area contributed by atoms with Crippen LogP contribution >= 0.6 is 11.3 Å². The molecule has 100 valence electrons. The van der Waals surface area contributed by atoms with Crippen molar-refractivity contribution >= 4 is 17.2 Å². The summed E-state index contributed by atoms with van der Waals surface area (Å²) in [4.78, 5) is 14.4. The highest BCUT2D eigenvalue weighted by molar-refractivity contribution is 7.11. The van der Waals surface area contributed by atoms with Crippen molar-refractivity contribution in [2.45, 2.75) is 51.6 Å². The molecule has 0 aromatic carbocycles. The fourth-order valence-corrected chi connectivity index (χ4v) is 3.42. The van der Waals surface area contributed by atoms with Crippen LogP contribution in [0.15, 0.2) is 12.1 Å². The Balaban J connectivity index is 1.74. The minimum Gasteiger partial charge on any atom is -0.351 e. The minimum atomic E-state index is 0.142. The molecule has 4 heteroatoms. The second-order valence-corrected chi connectivity index (χ2v) is 6.31. The van der Waals surface area contributed by atoms with Crippen molar-refractivity contribution in [3.8, 4) is 0 Å². The maximum absolute atomic E-state index is 11.8. The Morgan fingerprint density at radius 3 is 2.83 bits per heavy atom. The van der Waals surface area contributed by atoms with Crippen molar-refractivity contribution in [1.82, 2.24) is 5.32 Å². The molecule has 3 N–H and O–H groups in total. The number of aryl methyl sites for hydroxylation is 1. The molecule has 1 aromatic heterocycles. The van der Waals surface area contributed by atoms with Gasteiger partial charge in [-0.2, -0.15) is 0 Å². The fourth-order valence-electron chi connectivity index (χ4n) is 2.52. The first kappa shape index (κ1) is 13.6. The normalized spacial score (nSPS) is 23.2. The highest BCUT2D eigenvalue weighted by Gasteiger charge is 2.25. The van der Waals surface area contributed by atoms with Gasteiger partial charge in [0.2, 0.25) is 5.91 Å². The Morgan fingerprint density at radius 2 is 2.22 bits per heavy atom. The molecule has 1 aromatic rings. The third kappa shape index (κ3) is 3.56. The summed E-state index contributed by atoms with van der Waals surface area (Å²) in [6.07, 6.45) is 5.00. The fraction of sp³-hybridized carbons (Fsp3) is 0.643. The van der Waals surface area contributed by atoms with Crippen LogP contribution in [-0.2, 0) is 17.8 Å². The number of hydrogen-bond donors (Lipinski definition) is 2. The number of thiophene rings is 1. The molecule has 3 nitrogen and oxygen atoms in total. The molecular formula is C14H22N2OS. The number of carbonyl (C=O) groups is 1. The Kier molecular flexibility index (Phi) is 4.78. The predicted octanol–water partition coefficient (Wildman–Crippen LogP) is 2.44. The molecule has 0 spiro atoms. The van der Waals surface area contributed by atoms with E-state index in [2.05, 4.69) is 24.4 Å². The number of nitrogens with one attached hydrogen (secondary N) is 1. The van der Waals surface area contributed by atoms with Crippen molar-refractivity contribution in [3.63, 3.8) is 0 Å². The summed E-state index contributed by atoms with van der Waals surface area (Å²) in [7, 11) is 0. The summed E-state index contributed by atoms with van der Waals surface area (Å²) in [5, 5.41) is 3.00. The molecule has 0 radical (unpaired) electrons. The van der Waals surface area contributed by atoms with Gasteiger partial charge >= 0.3 is 0 Å². The maximum atomic E-state index is 11.8. The van der Waals surface area contributed by atoms with Crippen LogP contribution in [0.1, 0.15) is 42.4 Å². The molecule has 0 bridgehead atoms. The molecule has 1 heterocycles. The molecule has 2 rings (SSSR count). The molecule has 1 aliphatic rings. The van der Waals surface area contributed by atoms with Crippen molar-refractivity contribution in [1.29, 1.82) is 0 Å². The van der Waals surface area contributed by atoms with Gasteiger partial charge < -0.3 is 11.1 Å². The van der Waals surface area contributed by atoms with Gasteiger partial charge in [0, 0.05) is 22.2 Å². The lowest BCUT2D eigenvalue weighted by Crippen LogP contribution is -2.31. The summed E-state index contributed by atoms with van der Waals surface area (Å²) in [5.41, 5.74) is 5.98. The van der Waals surface area contributed by atoms with E-state index in [9.17, 15) is 4.79 Å². The van der Waals surface area contributed by atoms with Gasteiger partial charge in [-0.1, -0.05) is 13.3 Å². The van der Waals surface area contributed by atoms with Gasteiger partial charge in [-0.3, -0.25) is 4.79 Å². The summed E-state index contributed by atoms with van der Waals surface area (Å²) in [6, 6.07) is 4.47. The molecule has 0 aliphatic heterocycles. The van der Waals surface area contributed by atoms with E-state index in [-0.39, 0.29) is 11.9 Å². The minimum absolute atomic E-state index is 0.142. The van der Waals surface area contributed by atoms with E-state index < -0.39 is 0 Å². The third-order valence-corrected chi connectivity index (χ3v) is 4.92. The SMILES string of the molecule is CCc1ccc(CNC(=O)C[C@@H]2CCC[C@H]2N)s1. The smallest absolute Gasteiger partial charge is 0.220 e. The summed E-state index contributed by atoms with van der Waals surface area (Å²) in [6.45, 7) is 2.81. The summed E-state index contributed by atoms with van der Waals surface area (Å²) < 4.78 is 0. The van der Waals surface area contributed by atoms with Crippen molar-refractivity contribution in [2.75, 3.05) is 0 Å². The van der Waals surface area contributed by atoms with E-state index in [4.69, 9.17) is 5.73 Å². The lowest BCUT2D eigenvalue weighted by molar-refractivity contribution is -0.122. The Labute approximate surface area is 113 Å². The first-order valence-electron chi connectivity index (χ1n) is 6.79. The van der Waals surface area contributed by atoms with Gasteiger partial charge in [0.25, 0.3) is 0 Å². The van der Waals surface area contributed by atoms with Crippen LogP contribution in [0.5, 0.6) is 0 Å². The van der Waals surface area contributed by atoms with E-state index in [0.29, 0.717) is 18.9 Å². The van der Waals surface area contributed by atoms with Gasteiger partial charge in [-0.05, 0) is 37.3 Å². The number of amides is 1. The van der Waals surface area contributed by atoms with Crippen LogP contribution in [0.2, 0.25) is 0 Å². The lowest BCUT2D eigenvalue weighted by atomic mass is 10.00. The molecule has 1 aliphatic carbocycles. The molecule has 18 heavy (non-hydrogen) atoms. The van der Waals surface area contributed by atoms with Gasteiger partial charge in [0.1, 0.15) is 0 Å². The molecule has 0 unspecified atom stereocenters. The van der Waals surface area contributed by atoms with E-state index in [1.165, 1.54) is 16.2 Å². The molecule has 0 saturated heterocycles. The van der Waals surface area contributed by atoms with E-state index in [1.807, 2.05) is 0 Å². The van der Waals surface area contributed by atoms with E-state index in [1.54, 1.807) is 11.3 Å². The first-order valence-corrected chi connectivity index (χ1v) is 7.60. The number of hydrogen-bond acceptors (Lipinski definition) is 3. The topological polar surface area (TPSA) is 55.1 Å². The zero-order chi connectivity index (χ0) is 13.0. The van der Waals surface area contributed by atoms with Crippen molar-refractivity contribution < 1.29 is 4.79 Å². The highest BCUT2D eigenvalue weighted by atomic mass is 32.1. The summed E-state index contributed by atoms with van der Waals surface area (Å²) in [5.74, 6) is 0.531. The van der Waals surface area contributed by atoms with Crippen LogP contribution < -0.4 is 11.1 Å². The zero-order valence-electron chi connectivity index (χ0n) is 10.9. The number of nitrogens with two attached hydrogens (primary N) is 1. The molecular weight excluding hydrogens is 244 g/mol. The molecule has 1 fully saturated rings. The van der Waals surface area contributed by atoms with Crippen molar-refractivity contribution in [2.24, 2.45) is 11.7 Å². The summed E-state index contributed by atoms with van der Waals surface area (Å²) >= 11 is 1.78. The quantitative estimate of drug-likeness (QED) is 0.860. The largest absolute Gasteiger partial charge is 0.351 e. The molecule has 1 amide bonds. The van der Waals surface area contributed by atoms with Gasteiger partial charge in [0.15, 0.2) is 0 Å². The number of carbonyl (C=O) groups excluding carboxylic acids is 1. The average molecular weight is 266 g/mol. The number of rotatable bonds is 5. The van der Waals surface area contributed by atoms with Gasteiger partial charge in [-0.15, -0.1) is 11.3 Å².